The Morgan fingerprint density at radius 3 is 1.85 bits per heavy atom. The molecule has 0 fully saturated rings. The van der Waals surface area contributed by atoms with Crippen LogP contribution in [0.5, 0.6) is 11.5 Å². The molecule has 0 unspecified atom stereocenters. The van der Waals surface area contributed by atoms with Crippen LogP contribution in [-0.4, -0.2) is 25.3 Å². The standard InChI is InChI=1S/C23H28O4/c1-5-17(3)15-25-21-11-7-19(8-12-21)20-9-13-22(14-10-20)26-16-18(4)27-23(24)6-2/h6-14,17-18H,2,5,15-16H2,1,3-4H3/t17-,18-/m0/s1. The molecule has 2 rings (SSSR count). The molecule has 27 heavy (non-hydrogen) atoms. The average molecular weight is 368 g/mol. The first-order valence-electron chi connectivity index (χ1n) is 9.31. The number of hydrogen-bond acceptors (Lipinski definition) is 4. The number of rotatable bonds is 10. The van der Waals surface area contributed by atoms with E-state index in [1.54, 1.807) is 6.92 Å². The number of benzene rings is 2. The third-order valence-corrected chi connectivity index (χ3v) is 4.24. The Hall–Kier alpha value is -2.75. The van der Waals surface area contributed by atoms with Crippen LogP contribution < -0.4 is 9.47 Å². The molecule has 0 amide bonds. The lowest BCUT2D eigenvalue weighted by molar-refractivity contribution is -0.143. The van der Waals surface area contributed by atoms with Gasteiger partial charge in [-0.15, -0.1) is 0 Å². The summed E-state index contributed by atoms with van der Waals surface area (Å²) in [5.41, 5.74) is 2.22. The average Bonchev–Trinajstić information content (AvgIpc) is 2.71. The van der Waals surface area contributed by atoms with Crippen LogP contribution in [0.3, 0.4) is 0 Å². The van der Waals surface area contributed by atoms with Gasteiger partial charge in [-0.1, -0.05) is 51.1 Å². The van der Waals surface area contributed by atoms with Gasteiger partial charge in [-0.3, -0.25) is 0 Å². The molecule has 0 saturated heterocycles. The zero-order valence-electron chi connectivity index (χ0n) is 16.3. The monoisotopic (exact) mass is 368 g/mol. The number of carbonyl (C=O) groups is 1. The molecule has 0 aliphatic heterocycles. The Kier molecular flexibility index (Phi) is 7.93. The highest BCUT2D eigenvalue weighted by Crippen LogP contribution is 2.25. The zero-order chi connectivity index (χ0) is 19.6. The molecule has 0 spiro atoms. The van der Waals surface area contributed by atoms with Crippen LogP contribution in [0.15, 0.2) is 61.2 Å². The normalized spacial score (nSPS) is 12.7. The topological polar surface area (TPSA) is 44.8 Å². The Labute approximate surface area is 161 Å². The fourth-order valence-electron chi connectivity index (χ4n) is 2.34. The third kappa shape index (κ3) is 6.81. The Morgan fingerprint density at radius 2 is 1.41 bits per heavy atom. The van der Waals surface area contributed by atoms with Crippen molar-refractivity contribution in [1.29, 1.82) is 0 Å². The molecule has 0 aromatic heterocycles. The quantitative estimate of drug-likeness (QED) is 0.423. The van der Waals surface area contributed by atoms with Crippen molar-refractivity contribution >= 4 is 5.97 Å². The summed E-state index contributed by atoms with van der Waals surface area (Å²) in [5, 5.41) is 0. The molecule has 4 nitrogen and oxygen atoms in total. The maximum Gasteiger partial charge on any atom is 0.330 e. The highest BCUT2D eigenvalue weighted by Gasteiger charge is 2.08. The Balaban J connectivity index is 1.89. The maximum atomic E-state index is 11.1. The second-order valence-corrected chi connectivity index (χ2v) is 6.64. The van der Waals surface area contributed by atoms with Crippen LogP contribution in [0.2, 0.25) is 0 Å². The predicted octanol–water partition coefficient (Wildman–Crippen LogP) is 5.28. The maximum absolute atomic E-state index is 11.1. The van der Waals surface area contributed by atoms with Gasteiger partial charge in [0.2, 0.25) is 0 Å². The van der Waals surface area contributed by atoms with E-state index in [0.29, 0.717) is 12.5 Å². The number of esters is 1. The molecule has 0 aliphatic rings. The number of hydrogen-bond donors (Lipinski definition) is 0. The summed E-state index contributed by atoms with van der Waals surface area (Å²) in [6, 6.07) is 15.9. The Bertz CT molecular complexity index is 719. The van der Waals surface area contributed by atoms with Gasteiger partial charge in [0, 0.05) is 6.08 Å². The molecule has 0 saturated carbocycles. The van der Waals surface area contributed by atoms with Gasteiger partial charge < -0.3 is 14.2 Å². The molecule has 4 heteroatoms. The van der Waals surface area contributed by atoms with Crippen LogP contribution in [-0.2, 0) is 9.53 Å². The van der Waals surface area contributed by atoms with E-state index in [1.807, 2.05) is 36.4 Å². The first kappa shape index (κ1) is 20.6. The number of ether oxygens (including phenoxy) is 3. The highest BCUT2D eigenvalue weighted by atomic mass is 16.6. The minimum Gasteiger partial charge on any atom is -0.493 e. The van der Waals surface area contributed by atoms with Crippen molar-refractivity contribution < 1.29 is 19.0 Å². The number of carbonyl (C=O) groups excluding carboxylic acids is 1. The molecule has 144 valence electrons. The van der Waals surface area contributed by atoms with E-state index in [2.05, 4.69) is 32.6 Å². The van der Waals surface area contributed by atoms with Crippen molar-refractivity contribution in [3.8, 4) is 22.6 Å². The fourth-order valence-corrected chi connectivity index (χ4v) is 2.34. The molecular formula is C23H28O4. The van der Waals surface area contributed by atoms with E-state index in [-0.39, 0.29) is 6.10 Å². The predicted molar refractivity (Wildman–Crippen MR) is 108 cm³/mol. The summed E-state index contributed by atoms with van der Waals surface area (Å²) in [7, 11) is 0. The van der Waals surface area contributed by atoms with Gasteiger partial charge in [0.1, 0.15) is 24.2 Å². The first-order chi connectivity index (χ1) is 13.0. The molecule has 2 aromatic rings. The zero-order valence-corrected chi connectivity index (χ0v) is 16.3. The minimum absolute atomic E-state index is 0.293. The van der Waals surface area contributed by atoms with E-state index >= 15 is 0 Å². The van der Waals surface area contributed by atoms with Crippen molar-refractivity contribution in [3.63, 3.8) is 0 Å². The lowest BCUT2D eigenvalue weighted by Crippen LogP contribution is -2.20. The SMILES string of the molecule is C=CC(=O)O[C@@H](C)COc1ccc(-c2ccc(OC[C@@H](C)CC)cc2)cc1. The van der Waals surface area contributed by atoms with Gasteiger partial charge in [-0.2, -0.15) is 0 Å². The molecule has 0 radical (unpaired) electrons. The van der Waals surface area contributed by atoms with Crippen LogP contribution in [0.1, 0.15) is 27.2 Å². The largest absolute Gasteiger partial charge is 0.493 e. The summed E-state index contributed by atoms with van der Waals surface area (Å²) in [5.74, 6) is 1.73. The van der Waals surface area contributed by atoms with Gasteiger partial charge in [0.25, 0.3) is 0 Å². The van der Waals surface area contributed by atoms with Gasteiger partial charge >= 0.3 is 5.97 Å². The third-order valence-electron chi connectivity index (χ3n) is 4.24. The molecule has 0 bridgehead atoms. The van der Waals surface area contributed by atoms with Crippen molar-refractivity contribution in [2.24, 2.45) is 5.92 Å². The molecule has 2 atom stereocenters. The highest BCUT2D eigenvalue weighted by molar-refractivity contribution is 5.81. The van der Waals surface area contributed by atoms with E-state index in [1.165, 1.54) is 0 Å². The first-order valence-corrected chi connectivity index (χ1v) is 9.31. The van der Waals surface area contributed by atoms with Gasteiger partial charge in [-0.05, 0) is 48.2 Å². The second kappa shape index (κ2) is 10.4. The van der Waals surface area contributed by atoms with E-state index in [0.717, 1.165) is 41.7 Å². The Morgan fingerprint density at radius 1 is 0.926 bits per heavy atom. The smallest absolute Gasteiger partial charge is 0.330 e. The van der Waals surface area contributed by atoms with E-state index in [4.69, 9.17) is 14.2 Å². The molecule has 0 heterocycles. The van der Waals surface area contributed by atoms with Crippen LogP contribution in [0.25, 0.3) is 11.1 Å². The summed E-state index contributed by atoms with van der Waals surface area (Å²) in [6.45, 7) is 10.5. The van der Waals surface area contributed by atoms with E-state index in [9.17, 15) is 4.79 Å². The molecule has 0 aliphatic carbocycles. The molecule has 2 aromatic carbocycles. The van der Waals surface area contributed by atoms with Crippen molar-refractivity contribution in [1.82, 2.24) is 0 Å². The summed E-state index contributed by atoms with van der Waals surface area (Å²) >= 11 is 0. The fraction of sp³-hybridized carbons (Fsp3) is 0.348. The summed E-state index contributed by atoms with van der Waals surface area (Å²) in [6.07, 6.45) is 1.92. The van der Waals surface area contributed by atoms with Crippen molar-refractivity contribution in [2.75, 3.05) is 13.2 Å². The van der Waals surface area contributed by atoms with Crippen LogP contribution >= 0.6 is 0 Å². The van der Waals surface area contributed by atoms with Gasteiger partial charge in [-0.25, -0.2) is 4.79 Å². The molecule has 0 N–H and O–H groups in total. The minimum atomic E-state index is -0.446. The van der Waals surface area contributed by atoms with Gasteiger partial charge in [0.05, 0.1) is 6.61 Å². The van der Waals surface area contributed by atoms with E-state index < -0.39 is 5.97 Å². The van der Waals surface area contributed by atoms with Gasteiger partial charge in [0.15, 0.2) is 0 Å². The van der Waals surface area contributed by atoms with Crippen molar-refractivity contribution in [3.05, 3.63) is 61.2 Å². The molecular weight excluding hydrogens is 340 g/mol. The van der Waals surface area contributed by atoms with Crippen molar-refractivity contribution in [2.45, 2.75) is 33.3 Å². The summed E-state index contributed by atoms with van der Waals surface area (Å²) < 4.78 is 16.5. The van der Waals surface area contributed by atoms with Crippen LogP contribution in [0, 0.1) is 5.92 Å². The lowest BCUT2D eigenvalue weighted by Gasteiger charge is -2.14. The summed E-state index contributed by atoms with van der Waals surface area (Å²) in [4.78, 5) is 11.1. The second-order valence-electron chi connectivity index (χ2n) is 6.64. The lowest BCUT2D eigenvalue weighted by atomic mass is 10.1. The van der Waals surface area contributed by atoms with Crippen LogP contribution in [0.4, 0.5) is 0 Å².